The lowest BCUT2D eigenvalue weighted by Gasteiger charge is -2.26. The normalized spacial score (nSPS) is 20.5. The first-order chi connectivity index (χ1) is 12.5. The molecule has 3 aromatic rings. The second-order valence-electron chi connectivity index (χ2n) is 7.21. The van der Waals surface area contributed by atoms with Crippen molar-refractivity contribution in [2.45, 2.75) is 38.9 Å². The van der Waals surface area contributed by atoms with Crippen molar-refractivity contribution in [1.29, 1.82) is 0 Å². The zero-order valence-corrected chi connectivity index (χ0v) is 15.7. The van der Waals surface area contributed by atoms with Crippen molar-refractivity contribution in [2.75, 3.05) is 7.05 Å². The highest BCUT2D eigenvalue weighted by atomic mass is 16.2. The number of nitrogens with zero attached hydrogens (tertiary/aromatic N) is 3. The lowest BCUT2D eigenvalue weighted by molar-refractivity contribution is -0.127. The highest BCUT2D eigenvalue weighted by Crippen LogP contribution is 2.35. The molecule has 2 N–H and O–H groups in total. The molecule has 1 saturated heterocycles. The van der Waals surface area contributed by atoms with Crippen LogP contribution in [0.15, 0.2) is 30.5 Å². The summed E-state index contributed by atoms with van der Waals surface area (Å²) in [5, 5.41) is 9.39. The van der Waals surface area contributed by atoms with Gasteiger partial charge in [0.2, 0.25) is 5.91 Å². The summed E-state index contributed by atoms with van der Waals surface area (Å²) in [6.45, 7) is 4.82. The van der Waals surface area contributed by atoms with Gasteiger partial charge in [-0.1, -0.05) is 18.2 Å². The number of hydrogen-bond acceptors (Lipinski definition) is 3. The number of aryl methyl sites for hydroxylation is 2. The Labute approximate surface area is 153 Å². The van der Waals surface area contributed by atoms with E-state index in [2.05, 4.69) is 46.6 Å². The first-order valence-electron chi connectivity index (χ1n) is 9.01. The highest BCUT2D eigenvalue weighted by Gasteiger charge is 2.40. The first kappa shape index (κ1) is 16.8. The number of carbonyl (C=O) groups is 1. The molecule has 1 aliphatic heterocycles. The molecule has 6 heteroatoms. The number of aromatic amines is 1. The molecular formula is C20H25N5O. The van der Waals surface area contributed by atoms with Crippen molar-refractivity contribution < 1.29 is 4.79 Å². The zero-order chi connectivity index (χ0) is 18.4. The fourth-order valence-corrected chi connectivity index (χ4v) is 4.20. The molecule has 0 bridgehead atoms. The Bertz CT molecular complexity index is 970. The van der Waals surface area contributed by atoms with Crippen molar-refractivity contribution in [1.82, 2.24) is 25.0 Å². The van der Waals surface area contributed by atoms with E-state index in [1.807, 2.05) is 36.8 Å². The zero-order valence-electron chi connectivity index (χ0n) is 15.7. The van der Waals surface area contributed by atoms with Crippen molar-refractivity contribution in [3.63, 3.8) is 0 Å². The van der Waals surface area contributed by atoms with Crippen LogP contribution in [-0.4, -0.2) is 38.7 Å². The molecule has 0 aliphatic carbocycles. The molecular weight excluding hydrogens is 326 g/mol. The fourth-order valence-electron chi connectivity index (χ4n) is 4.20. The highest BCUT2D eigenvalue weighted by molar-refractivity contribution is 5.82. The molecule has 1 fully saturated rings. The van der Waals surface area contributed by atoms with E-state index in [1.54, 1.807) is 0 Å². The molecule has 1 aliphatic rings. The molecule has 2 aromatic heterocycles. The van der Waals surface area contributed by atoms with E-state index in [0.717, 1.165) is 29.0 Å². The summed E-state index contributed by atoms with van der Waals surface area (Å²) < 4.78 is 1.90. The van der Waals surface area contributed by atoms with Crippen LogP contribution >= 0.6 is 0 Å². The van der Waals surface area contributed by atoms with Gasteiger partial charge in [-0.05, 0) is 30.9 Å². The Morgan fingerprint density at radius 1 is 1.27 bits per heavy atom. The second-order valence-corrected chi connectivity index (χ2v) is 7.21. The van der Waals surface area contributed by atoms with Crippen LogP contribution in [0.3, 0.4) is 0 Å². The molecule has 1 aromatic carbocycles. The van der Waals surface area contributed by atoms with Crippen molar-refractivity contribution in [3.05, 3.63) is 53.0 Å². The largest absolute Gasteiger partial charge is 0.361 e. The van der Waals surface area contributed by atoms with Gasteiger partial charge in [-0.2, -0.15) is 5.10 Å². The Kier molecular flexibility index (Phi) is 4.07. The average molecular weight is 351 g/mol. The number of nitrogens with one attached hydrogen (secondary N) is 2. The van der Waals surface area contributed by atoms with E-state index < -0.39 is 0 Å². The molecule has 3 heterocycles. The number of para-hydroxylation sites is 1. The number of benzene rings is 1. The van der Waals surface area contributed by atoms with Gasteiger partial charge in [0.1, 0.15) is 0 Å². The van der Waals surface area contributed by atoms with E-state index >= 15 is 0 Å². The van der Waals surface area contributed by atoms with Gasteiger partial charge >= 0.3 is 0 Å². The van der Waals surface area contributed by atoms with Gasteiger partial charge in [0.05, 0.1) is 11.7 Å². The molecule has 2 atom stereocenters. The van der Waals surface area contributed by atoms with Crippen LogP contribution in [0.4, 0.5) is 0 Å². The van der Waals surface area contributed by atoms with Gasteiger partial charge in [0.15, 0.2) is 0 Å². The molecule has 26 heavy (non-hydrogen) atoms. The van der Waals surface area contributed by atoms with Crippen LogP contribution in [0.5, 0.6) is 0 Å². The summed E-state index contributed by atoms with van der Waals surface area (Å²) in [7, 11) is 3.85. The Morgan fingerprint density at radius 3 is 2.81 bits per heavy atom. The van der Waals surface area contributed by atoms with Crippen LogP contribution in [0.25, 0.3) is 10.9 Å². The molecule has 0 unspecified atom stereocenters. The lowest BCUT2D eigenvalue weighted by Crippen LogP contribution is -2.35. The van der Waals surface area contributed by atoms with Gasteiger partial charge in [0.25, 0.3) is 0 Å². The molecule has 1 amide bonds. The standard InChI is InChI=1S/C20H25N5O/c1-12-18(13(2)25(4)23-12)20-16(10-17(26)24(20)3)22-11-15-7-5-6-14-8-9-21-19(14)15/h5-9,16,20-22H,10-11H2,1-4H3/t16-,20-/m1/s1. The van der Waals surface area contributed by atoms with Crippen LogP contribution in [0, 0.1) is 13.8 Å². The van der Waals surface area contributed by atoms with Crippen molar-refractivity contribution in [2.24, 2.45) is 7.05 Å². The maximum absolute atomic E-state index is 12.4. The maximum atomic E-state index is 12.4. The van der Waals surface area contributed by atoms with Crippen LogP contribution in [-0.2, 0) is 18.4 Å². The number of likely N-dealkylation sites (N-methyl/N-ethyl adjacent to an activating group) is 1. The van der Waals surface area contributed by atoms with Gasteiger partial charge in [-0.15, -0.1) is 0 Å². The fraction of sp³-hybridized carbons (Fsp3) is 0.400. The molecule has 0 saturated carbocycles. The number of fused-ring (bicyclic) bond motifs is 1. The summed E-state index contributed by atoms with van der Waals surface area (Å²) in [5.74, 6) is 0.174. The van der Waals surface area contributed by atoms with E-state index in [9.17, 15) is 4.79 Å². The van der Waals surface area contributed by atoms with E-state index in [4.69, 9.17) is 0 Å². The summed E-state index contributed by atoms with van der Waals surface area (Å²) in [4.78, 5) is 17.6. The van der Waals surface area contributed by atoms with Crippen LogP contribution in [0.1, 0.15) is 35.0 Å². The minimum Gasteiger partial charge on any atom is -0.361 e. The average Bonchev–Trinajstić information content (AvgIpc) is 3.26. The third kappa shape index (κ3) is 2.61. The summed E-state index contributed by atoms with van der Waals surface area (Å²) in [5.41, 5.74) is 5.65. The Morgan fingerprint density at radius 2 is 2.08 bits per heavy atom. The minimum atomic E-state index is 0.0130. The van der Waals surface area contributed by atoms with Gasteiger partial charge < -0.3 is 15.2 Å². The van der Waals surface area contributed by atoms with Crippen LogP contribution in [0.2, 0.25) is 0 Å². The van der Waals surface area contributed by atoms with Gasteiger partial charge in [-0.25, -0.2) is 0 Å². The Balaban J connectivity index is 1.62. The molecule has 0 radical (unpaired) electrons. The molecule has 4 rings (SSSR count). The predicted molar refractivity (Wildman–Crippen MR) is 102 cm³/mol. The van der Waals surface area contributed by atoms with E-state index in [0.29, 0.717) is 6.42 Å². The number of carbonyl (C=O) groups excluding carboxylic acids is 1. The third-order valence-corrected chi connectivity index (χ3v) is 5.68. The van der Waals surface area contributed by atoms with Crippen LogP contribution < -0.4 is 5.32 Å². The quantitative estimate of drug-likeness (QED) is 0.759. The summed E-state index contributed by atoms with van der Waals surface area (Å²) in [6, 6.07) is 8.47. The van der Waals surface area contributed by atoms with E-state index in [1.165, 1.54) is 10.9 Å². The molecule has 136 valence electrons. The number of likely N-dealkylation sites (tertiary alicyclic amines) is 1. The Hall–Kier alpha value is -2.60. The molecule has 6 nitrogen and oxygen atoms in total. The topological polar surface area (TPSA) is 66.0 Å². The predicted octanol–water partition coefficient (Wildman–Crippen LogP) is 2.58. The van der Waals surface area contributed by atoms with Crippen molar-refractivity contribution >= 4 is 16.8 Å². The third-order valence-electron chi connectivity index (χ3n) is 5.68. The maximum Gasteiger partial charge on any atom is 0.224 e. The number of amides is 1. The minimum absolute atomic E-state index is 0.0130. The van der Waals surface area contributed by atoms with Gasteiger partial charge in [0, 0.05) is 56.1 Å². The lowest BCUT2D eigenvalue weighted by atomic mass is 9.98. The summed E-state index contributed by atoms with van der Waals surface area (Å²) in [6.07, 6.45) is 2.47. The smallest absolute Gasteiger partial charge is 0.224 e. The first-order valence-corrected chi connectivity index (χ1v) is 9.01. The number of aromatic nitrogens is 3. The second kappa shape index (κ2) is 6.29. The number of rotatable bonds is 4. The SMILES string of the molecule is Cc1nn(C)c(C)c1[C@H]1[C@H](NCc2cccc3cc[nH]c23)CC(=O)N1C. The number of hydrogen-bond donors (Lipinski definition) is 2. The number of H-pyrrole nitrogens is 1. The van der Waals surface area contributed by atoms with Gasteiger partial charge in [-0.3, -0.25) is 9.48 Å². The molecule has 0 spiro atoms. The monoisotopic (exact) mass is 351 g/mol. The van der Waals surface area contributed by atoms with E-state index in [-0.39, 0.29) is 18.0 Å². The van der Waals surface area contributed by atoms with Crippen molar-refractivity contribution in [3.8, 4) is 0 Å². The summed E-state index contributed by atoms with van der Waals surface area (Å²) >= 11 is 0.